The van der Waals surface area contributed by atoms with Crippen LogP contribution < -0.4 is 0 Å². The lowest BCUT2D eigenvalue weighted by atomic mass is 10.2. The van der Waals surface area contributed by atoms with Crippen molar-refractivity contribution < 1.29 is 4.42 Å². The zero-order valence-electron chi connectivity index (χ0n) is 7.83. The summed E-state index contributed by atoms with van der Waals surface area (Å²) < 4.78 is 5.25. The van der Waals surface area contributed by atoms with Crippen LogP contribution in [0.25, 0.3) is 11.3 Å². The van der Waals surface area contributed by atoms with E-state index in [1.54, 1.807) is 6.26 Å². The molecule has 2 rings (SSSR count). The number of hydrogen-bond donors (Lipinski definition) is 0. The van der Waals surface area contributed by atoms with Gasteiger partial charge in [-0.2, -0.15) is 0 Å². The maximum absolute atomic E-state index is 5.79. The molecule has 1 aromatic heterocycles. The fraction of sp³-hybridized carbons (Fsp3) is 0.182. The summed E-state index contributed by atoms with van der Waals surface area (Å²) in [5, 5.41) is 0.730. The van der Waals surface area contributed by atoms with Gasteiger partial charge < -0.3 is 4.42 Å². The third kappa shape index (κ3) is 1.80. The van der Waals surface area contributed by atoms with Gasteiger partial charge in [0.05, 0.1) is 0 Å². The van der Waals surface area contributed by atoms with Gasteiger partial charge in [-0.15, -0.1) is 0 Å². The topological polar surface area (TPSA) is 26.0 Å². The zero-order valence-corrected chi connectivity index (χ0v) is 8.58. The van der Waals surface area contributed by atoms with Gasteiger partial charge in [-0.1, -0.05) is 30.7 Å². The Morgan fingerprint density at radius 2 is 2.00 bits per heavy atom. The zero-order chi connectivity index (χ0) is 9.97. The van der Waals surface area contributed by atoms with E-state index in [1.165, 1.54) is 0 Å². The van der Waals surface area contributed by atoms with Gasteiger partial charge in [-0.05, 0) is 12.1 Å². The van der Waals surface area contributed by atoms with Gasteiger partial charge in [0.2, 0.25) is 0 Å². The number of benzene rings is 1. The van der Waals surface area contributed by atoms with Gasteiger partial charge in [0, 0.05) is 17.0 Å². The summed E-state index contributed by atoms with van der Waals surface area (Å²) in [5.41, 5.74) is 1.89. The molecule has 0 fully saturated rings. The summed E-state index contributed by atoms with van der Waals surface area (Å²) in [6.07, 6.45) is 2.48. The summed E-state index contributed by atoms with van der Waals surface area (Å²) in [7, 11) is 0. The van der Waals surface area contributed by atoms with Crippen LogP contribution in [-0.2, 0) is 6.42 Å². The molecule has 0 saturated carbocycles. The second kappa shape index (κ2) is 3.84. The molecular formula is C11H10ClNO. The molecule has 0 aliphatic carbocycles. The molecule has 0 bridgehead atoms. The van der Waals surface area contributed by atoms with Gasteiger partial charge >= 0.3 is 0 Å². The number of aromatic nitrogens is 1. The van der Waals surface area contributed by atoms with E-state index in [9.17, 15) is 0 Å². The maximum atomic E-state index is 5.79. The summed E-state index contributed by atoms with van der Waals surface area (Å²) in [6, 6.07) is 7.55. The number of halogens is 1. The molecule has 0 aliphatic heterocycles. The Bertz CT molecular complexity index is 419. The van der Waals surface area contributed by atoms with Crippen LogP contribution in [0.15, 0.2) is 34.9 Å². The van der Waals surface area contributed by atoms with Crippen molar-refractivity contribution in [2.75, 3.05) is 0 Å². The highest BCUT2D eigenvalue weighted by molar-refractivity contribution is 6.30. The van der Waals surface area contributed by atoms with Crippen molar-refractivity contribution in [3.8, 4) is 11.3 Å². The third-order valence-electron chi connectivity index (χ3n) is 1.99. The summed E-state index contributed by atoms with van der Waals surface area (Å²) >= 11 is 5.79. The van der Waals surface area contributed by atoms with E-state index < -0.39 is 0 Å². The lowest BCUT2D eigenvalue weighted by Crippen LogP contribution is -1.80. The molecule has 0 aliphatic rings. The molecule has 0 saturated heterocycles. The van der Waals surface area contributed by atoms with Crippen molar-refractivity contribution in [1.29, 1.82) is 0 Å². The predicted octanol–water partition coefficient (Wildman–Crippen LogP) is 3.56. The molecule has 2 aromatic rings. The Morgan fingerprint density at radius 1 is 1.29 bits per heavy atom. The van der Waals surface area contributed by atoms with Crippen LogP contribution in [0.1, 0.15) is 12.8 Å². The lowest BCUT2D eigenvalue weighted by Gasteiger charge is -1.94. The summed E-state index contributed by atoms with van der Waals surface area (Å²) in [6.45, 7) is 2.01. The number of hydrogen-bond acceptors (Lipinski definition) is 2. The Labute approximate surface area is 87.5 Å². The first kappa shape index (κ1) is 9.28. The van der Waals surface area contributed by atoms with Gasteiger partial charge in [0.25, 0.3) is 0 Å². The molecule has 14 heavy (non-hydrogen) atoms. The first-order valence-electron chi connectivity index (χ1n) is 4.50. The van der Waals surface area contributed by atoms with E-state index in [1.807, 2.05) is 31.2 Å². The minimum atomic E-state index is 0.730. The Morgan fingerprint density at radius 3 is 2.57 bits per heavy atom. The molecule has 72 valence electrons. The fourth-order valence-corrected chi connectivity index (χ4v) is 1.35. The Kier molecular flexibility index (Phi) is 2.55. The molecule has 0 atom stereocenters. The van der Waals surface area contributed by atoms with Gasteiger partial charge in [-0.3, -0.25) is 0 Å². The summed E-state index contributed by atoms with van der Waals surface area (Å²) in [5.74, 6) is 0.759. The van der Waals surface area contributed by atoms with E-state index >= 15 is 0 Å². The average Bonchev–Trinajstić information content (AvgIpc) is 2.67. The molecule has 1 aromatic carbocycles. The summed E-state index contributed by atoms with van der Waals surface area (Å²) in [4.78, 5) is 4.32. The molecule has 1 heterocycles. The second-order valence-corrected chi connectivity index (χ2v) is 3.42. The normalized spacial score (nSPS) is 10.4. The predicted molar refractivity (Wildman–Crippen MR) is 56.3 cm³/mol. The van der Waals surface area contributed by atoms with Crippen molar-refractivity contribution in [2.24, 2.45) is 0 Å². The molecule has 3 heteroatoms. The van der Waals surface area contributed by atoms with Crippen LogP contribution in [-0.4, -0.2) is 4.98 Å². The van der Waals surface area contributed by atoms with Crippen molar-refractivity contribution in [3.05, 3.63) is 41.4 Å². The minimum Gasteiger partial charge on any atom is -0.448 e. The largest absolute Gasteiger partial charge is 0.448 e. The molecule has 2 nitrogen and oxygen atoms in total. The van der Waals surface area contributed by atoms with E-state index in [0.29, 0.717) is 0 Å². The molecule has 0 N–H and O–H groups in total. The third-order valence-corrected chi connectivity index (χ3v) is 2.25. The van der Waals surface area contributed by atoms with Crippen LogP contribution >= 0.6 is 11.6 Å². The monoisotopic (exact) mass is 207 g/mol. The van der Waals surface area contributed by atoms with Crippen molar-refractivity contribution >= 4 is 11.6 Å². The molecular weight excluding hydrogens is 198 g/mol. The minimum absolute atomic E-state index is 0.730. The van der Waals surface area contributed by atoms with Crippen molar-refractivity contribution in [1.82, 2.24) is 4.98 Å². The second-order valence-electron chi connectivity index (χ2n) is 2.99. The van der Waals surface area contributed by atoms with E-state index in [4.69, 9.17) is 16.0 Å². The van der Waals surface area contributed by atoms with Crippen molar-refractivity contribution in [3.63, 3.8) is 0 Å². The number of aryl methyl sites for hydroxylation is 1. The number of oxazole rings is 1. The van der Waals surface area contributed by atoms with Crippen LogP contribution in [0, 0.1) is 0 Å². The van der Waals surface area contributed by atoms with E-state index in [-0.39, 0.29) is 0 Å². The highest BCUT2D eigenvalue weighted by Crippen LogP contribution is 2.20. The van der Waals surface area contributed by atoms with Crippen LogP contribution in [0.2, 0.25) is 5.02 Å². The van der Waals surface area contributed by atoms with Gasteiger partial charge in [0.15, 0.2) is 5.89 Å². The van der Waals surface area contributed by atoms with Gasteiger partial charge in [0.1, 0.15) is 12.0 Å². The standard InChI is InChI=1S/C11H10ClNO/c1-2-11-13-10(7-14-11)8-3-5-9(12)6-4-8/h3-7H,2H2,1H3. The van der Waals surface area contributed by atoms with Crippen LogP contribution in [0.5, 0.6) is 0 Å². The first-order chi connectivity index (χ1) is 6.79. The van der Waals surface area contributed by atoms with E-state index in [0.717, 1.165) is 28.6 Å². The van der Waals surface area contributed by atoms with Crippen LogP contribution in [0.3, 0.4) is 0 Å². The van der Waals surface area contributed by atoms with Crippen LogP contribution in [0.4, 0.5) is 0 Å². The lowest BCUT2D eigenvalue weighted by molar-refractivity contribution is 0.502. The van der Waals surface area contributed by atoms with E-state index in [2.05, 4.69) is 4.98 Å². The quantitative estimate of drug-likeness (QED) is 0.753. The van der Waals surface area contributed by atoms with Gasteiger partial charge in [-0.25, -0.2) is 4.98 Å². The van der Waals surface area contributed by atoms with Crippen molar-refractivity contribution in [2.45, 2.75) is 13.3 Å². The highest BCUT2D eigenvalue weighted by Gasteiger charge is 2.03. The maximum Gasteiger partial charge on any atom is 0.194 e. The SMILES string of the molecule is CCc1nc(-c2ccc(Cl)cc2)co1. The molecule has 0 radical (unpaired) electrons. The first-order valence-corrected chi connectivity index (χ1v) is 4.87. The Hall–Kier alpha value is -1.28. The fourth-order valence-electron chi connectivity index (χ4n) is 1.23. The molecule has 0 spiro atoms. The Balaban J connectivity index is 2.34. The smallest absolute Gasteiger partial charge is 0.194 e. The average molecular weight is 208 g/mol. The highest BCUT2D eigenvalue weighted by atomic mass is 35.5. The molecule has 0 amide bonds. The number of nitrogens with zero attached hydrogens (tertiary/aromatic N) is 1. The number of rotatable bonds is 2. The molecule has 0 unspecified atom stereocenters.